The summed E-state index contributed by atoms with van der Waals surface area (Å²) in [7, 11) is 3.65. The van der Waals surface area contributed by atoms with Crippen LogP contribution in [0.3, 0.4) is 0 Å². The first kappa shape index (κ1) is 17.8. The number of hydrogen-bond donors (Lipinski definition) is 2. The number of aliphatic imine (C=N–C) groups is 1. The van der Waals surface area contributed by atoms with Gasteiger partial charge < -0.3 is 10.6 Å². The zero-order valence-electron chi connectivity index (χ0n) is 12.0. The fraction of sp³-hybridized carbons (Fsp3) is 0.286. The average molecular weight is 420 g/mol. The molecule has 0 spiro atoms. The van der Waals surface area contributed by atoms with Crippen LogP contribution < -0.4 is 10.6 Å². The highest BCUT2D eigenvalue weighted by Gasteiger charge is 2.00. The molecule has 0 atom stereocenters. The van der Waals surface area contributed by atoms with E-state index in [0.717, 1.165) is 22.1 Å². The third-order valence-corrected chi connectivity index (χ3v) is 3.07. The molecular formula is C14H19ClIN5. The third kappa shape index (κ3) is 5.92. The summed E-state index contributed by atoms with van der Waals surface area (Å²) in [6.07, 6.45) is 3.80. The van der Waals surface area contributed by atoms with Crippen LogP contribution in [-0.2, 0) is 20.1 Å². The van der Waals surface area contributed by atoms with Crippen LogP contribution in [0.4, 0.5) is 0 Å². The van der Waals surface area contributed by atoms with Gasteiger partial charge >= 0.3 is 0 Å². The Morgan fingerprint density at radius 3 is 2.33 bits per heavy atom. The predicted molar refractivity (Wildman–Crippen MR) is 97.1 cm³/mol. The van der Waals surface area contributed by atoms with Crippen LogP contribution in [-0.4, -0.2) is 22.8 Å². The van der Waals surface area contributed by atoms with Crippen molar-refractivity contribution in [1.29, 1.82) is 0 Å². The van der Waals surface area contributed by atoms with Gasteiger partial charge in [-0.2, -0.15) is 5.10 Å². The Hall–Kier alpha value is -1.28. The third-order valence-electron chi connectivity index (χ3n) is 2.82. The molecule has 1 aromatic heterocycles. The SMILES string of the molecule is CN=C(NCc1ccc(Cl)cc1)NCc1cnn(C)c1.I. The number of aryl methyl sites for hydroxylation is 1. The van der Waals surface area contributed by atoms with Crippen molar-refractivity contribution in [2.24, 2.45) is 12.0 Å². The molecule has 1 aromatic carbocycles. The summed E-state index contributed by atoms with van der Waals surface area (Å²) in [5, 5.41) is 11.4. The van der Waals surface area contributed by atoms with E-state index >= 15 is 0 Å². The van der Waals surface area contributed by atoms with Gasteiger partial charge in [0, 0.05) is 44.0 Å². The predicted octanol–water partition coefficient (Wildman–Crippen LogP) is 2.56. The molecule has 0 fully saturated rings. The van der Waals surface area contributed by atoms with Crippen LogP contribution in [0.25, 0.3) is 0 Å². The lowest BCUT2D eigenvalue weighted by molar-refractivity contribution is 0.765. The van der Waals surface area contributed by atoms with Gasteiger partial charge in [0.1, 0.15) is 0 Å². The Bertz CT molecular complexity index is 579. The maximum Gasteiger partial charge on any atom is 0.191 e. The van der Waals surface area contributed by atoms with Gasteiger partial charge in [-0.05, 0) is 17.7 Å². The lowest BCUT2D eigenvalue weighted by Gasteiger charge is -2.11. The van der Waals surface area contributed by atoms with Gasteiger partial charge in [0.2, 0.25) is 0 Å². The number of nitrogens with one attached hydrogen (secondary N) is 2. The van der Waals surface area contributed by atoms with E-state index in [1.807, 2.05) is 43.7 Å². The van der Waals surface area contributed by atoms with Crippen LogP contribution in [0.5, 0.6) is 0 Å². The molecule has 0 aliphatic carbocycles. The summed E-state index contributed by atoms with van der Waals surface area (Å²) in [4.78, 5) is 4.18. The van der Waals surface area contributed by atoms with Gasteiger partial charge in [-0.25, -0.2) is 0 Å². The second kappa shape index (κ2) is 8.89. The normalized spacial score (nSPS) is 10.9. The van der Waals surface area contributed by atoms with Gasteiger partial charge in [0.15, 0.2) is 5.96 Å². The zero-order valence-corrected chi connectivity index (χ0v) is 15.1. The van der Waals surface area contributed by atoms with E-state index in [1.54, 1.807) is 11.7 Å². The Labute approximate surface area is 146 Å². The zero-order chi connectivity index (χ0) is 14.4. The van der Waals surface area contributed by atoms with Crippen molar-refractivity contribution < 1.29 is 0 Å². The van der Waals surface area contributed by atoms with Gasteiger partial charge in [-0.15, -0.1) is 24.0 Å². The molecule has 2 aromatic rings. The first-order chi connectivity index (χ1) is 9.67. The largest absolute Gasteiger partial charge is 0.352 e. The Morgan fingerprint density at radius 1 is 1.19 bits per heavy atom. The molecule has 0 saturated carbocycles. The Kier molecular flexibility index (Phi) is 7.52. The van der Waals surface area contributed by atoms with Crippen LogP contribution >= 0.6 is 35.6 Å². The molecule has 7 heteroatoms. The summed E-state index contributed by atoms with van der Waals surface area (Å²) in [6, 6.07) is 7.74. The molecule has 0 aliphatic rings. The Morgan fingerprint density at radius 2 is 1.81 bits per heavy atom. The van der Waals surface area contributed by atoms with Gasteiger partial charge in [-0.1, -0.05) is 23.7 Å². The Balaban J connectivity index is 0.00000220. The lowest BCUT2D eigenvalue weighted by Crippen LogP contribution is -2.36. The molecule has 21 heavy (non-hydrogen) atoms. The maximum atomic E-state index is 5.86. The van der Waals surface area contributed by atoms with Crippen molar-refractivity contribution in [2.45, 2.75) is 13.1 Å². The van der Waals surface area contributed by atoms with E-state index in [0.29, 0.717) is 13.1 Å². The van der Waals surface area contributed by atoms with Crippen molar-refractivity contribution in [2.75, 3.05) is 7.05 Å². The lowest BCUT2D eigenvalue weighted by atomic mass is 10.2. The van der Waals surface area contributed by atoms with Crippen molar-refractivity contribution in [3.63, 3.8) is 0 Å². The van der Waals surface area contributed by atoms with Gasteiger partial charge in [0.25, 0.3) is 0 Å². The molecule has 0 radical (unpaired) electrons. The highest BCUT2D eigenvalue weighted by atomic mass is 127. The van der Waals surface area contributed by atoms with E-state index < -0.39 is 0 Å². The standard InChI is InChI=1S/C14H18ClN5.HI/c1-16-14(18-8-12-9-19-20(2)10-12)17-7-11-3-5-13(15)6-4-11;/h3-6,9-10H,7-8H2,1-2H3,(H2,16,17,18);1H. The minimum atomic E-state index is 0. The van der Waals surface area contributed by atoms with Crippen molar-refractivity contribution in [3.8, 4) is 0 Å². The maximum absolute atomic E-state index is 5.86. The summed E-state index contributed by atoms with van der Waals surface area (Å²) >= 11 is 5.86. The van der Waals surface area contributed by atoms with E-state index in [9.17, 15) is 0 Å². The molecular weight excluding hydrogens is 401 g/mol. The highest BCUT2D eigenvalue weighted by molar-refractivity contribution is 14.0. The second-order valence-corrected chi connectivity index (χ2v) is 4.86. The number of hydrogen-bond acceptors (Lipinski definition) is 2. The number of rotatable bonds is 4. The molecule has 0 saturated heterocycles. The number of halogens is 2. The minimum absolute atomic E-state index is 0. The monoisotopic (exact) mass is 419 g/mol. The first-order valence-corrected chi connectivity index (χ1v) is 6.71. The summed E-state index contributed by atoms with van der Waals surface area (Å²) < 4.78 is 1.78. The van der Waals surface area contributed by atoms with Gasteiger partial charge in [-0.3, -0.25) is 9.67 Å². The van der Waals surface area contributed by atoms with Crippen molar-refractivity contribution in [3.05, 3.63) is 52.8 Å². The molecule has 0 unspecified atom stereocenters. The van der Waals surface area contributed by atoms with Crippen molar-refractivity contribution in [1.82, 2.24) is 20.4 Å². The quantitative estimate of drug-likeness (QED) is 0.455. The van der Waals surface area contributed by atoms with E-state index in [2.05, 4.69) is 20.7 Å². The van der Waals surface area contributed by atoms with E-state index in [-0.39, 0.29) is 24.0 Å². The molecule has 114 valence electrons. The summed E-state index contributed by atoms with van der Waals surface area (Å²) in [5.41, 5.74) is 2.26. The number of nitrogens with zero attached hydrogens (tertiary/aromatic N) is 3. The smallest absolute Gasteiger partial charge is 0.191 e. The van der Waals surface area contributed by atoms with Crippen LogP contribution in [0.2, 0.25) is 5.02 Å². The highest BCUT2D eigenvalue weighted by Crippen LogP contribution is 2.09. The summed E-state index contributed by atoms with van der Waals surface area (Å²) in [6.45, 7) is 1.39. The molecule has 2 rings (SSSR count). The molecule has 5 nitrogen and oxygen atoms in total. The molecule has 0 amide bonds. The van der Waals surface area contributed by atoms with Gasteiger partial charge in [0.05, 0.1) is 6.20 Å². The first-order valence-electron chi connectivity index (χ1n) is 6.34. The topological polar surface area (TPSA) is 54.2 Å². The molecule has 0 bridgehead atoms. The van der Waals surface area contributed by atoms with Crippen LogP contribution in [0.15, 0.2) is 41.7 Å². The van der Waals surface area contributed by atoms with E-state index in [1.165, 1.54) is 0 Å². The van der Waals surface area contributed by atoms with E-state index in [4.69, 9.17) is 11.6 Å². The number of aromatic nitrogens is 2. The molecule has 0 aliphatic heterocycles. The summed E-state index contributed by atoms with van der Waals surface area (Å²) in [5.74, 6) is 0.754. The van der Waals surface area contributed by atoms with Crippen LogP contribution in [0, 0.1) is 0 Å². The fourth-order valence-corrected chi connectivity index (χ4v) is 1.88. The molecule has 2 N–H and O–H groups in total. The van der Waals surface area contributed by atoms with Crippen LogP contribution in [0.1, 0.15) is 11.1 Å². The second-order valence-electron chi connectivity index (χ2n) is 4.43. The number of benzene rings is 1. The average Bonchev–Trinajstić information content (AvgIpc) is 2.87. The van der Waals surface area contributed by atoms with Crippen molar-refractivity contribution >= 4 is 41.5 Å². The minimum Gasteiger partial charge on any atom is -0.352 e. The number of guanidine groups is 1. The fourth-order valence-electron chi connectivity index (χ4n) is 1.76. The molecule has 1 heterocycles.